The van der Waals surface area contributed by atoms with Crippen molar-refractivity contribution in [2.45, 2.75) is 18.5 Å². The highest BCUT2D eigenvalue weighted by atomic mass is 35.5. The lowest BCUT2D eigenvalue weighted by atomic mass is 9.79. The minimum Gasteiger partial charge on any atom is -0.313 e. The molecule has 0 unspecified atom stereocenters. The summed E-state index contributed by atoms with van der Waals surface area (Å²) in [5.74, 6) is 0. The van der Waals surface area contributed by atoms with Crippen molar-refractivity contribution in [3.63, 3.8) is 0 Å². The second kappa shape index (κ2) is 4.12. The molecule has 1 N–H and O–H groups in total. The summed E-state index contributed by atoms with van der Waals surface area (Å²) in [7, 11) is 0. The van der Waals surface area contributed by atoms with Gasteiger partial charge < -0.3 is 5.32 Å². The van der Waals surface area contributed by atoms with E-state index in [1.54, 1.807) is 0 Å². The number of rotatable bonds is 2. The first kappa shape index (κ1) is 10.9. The summed E-state index contributed by atoms with van der Waals surface area (Å²) < 4.78 is 0. The fourth-order valence-corrected chi connectivity index (χ4v) is 2.45. The van der Waals surface area contributed by atoms with Crippen molar-refractivity contribution in [3.05, 3.63) is 35.9 Å². The molecule has 2 saturated heterocycles. The maximum absolute atomic E-state index is 3.38. The molecule has 2 fully saturated rings. The van der Waals surface area contributed by atoms with Crippen molar-refractivity contribution in [3.8, 4) is 0 Å². The first-order chi connectivity index (χ1) is 6.89. The zero-order chi connectivity index (χ0) is 9.43. The number of hydrogen-bond donors (Lipinski definition) is 1. The smallest absolute Gasteiger partial charge is 0.0473 e. The molecule has 1 spiro atoms. The first-order valence-corrected chi connectivity index (χ1v) is 5.39. The third-order valence-corrected chi connectivity index (χ3v) is 3.64. The Morgan fingerprint density at radius 3 is 2.40 bits per heavy atom. The molecule has 3 heteroatoms. The van der Waals surface area contributed by atoms with Gasteiger partial charge in [0.25, 0.3) is 0 Å². The molecule has 0 amide bonds. The Balaban J connectivity index is 0.000000853. The normalized spacial score (nSPS) is 22.7. The van der Waals surface area contributed by atoms with Crippen LogP contribution in [0, 0.1) is 0 Å². The second-order valence-corrected chi connectivity index (χ2v) is 4.49. The van der Waals surface area contributed by atoms with Crippen LogP contribution in [0.5, 0.6) is 0 Å². The molecule has 0 bridgehead atoms. The van der Waals surface area contributed by atoms with Gasteiger partial charge in [0.2, 0.25) is 0 Å². The third-order valence-electron chi connectivity index (χ3n) is 3.64. The Bertz CT molecular complexity index is 316. The van der Waals surface area contributed by atoms with Gasteiger partial charge in [-0.15, -0.1) is 12.4 Å². The molecule has 0 aromatic heterocycles. The Morgan fingerprint density at radius 2 is 1.93 bits per heavy atom. The lowest BCUT2D eigenvalue weighted by Gasteiger charge is -2.59. The zero-order valence-electron chi connectivity index (χ0n) is 8.78. The fraction of sp³-hybridized carbons (Fsp3) is 0.500. The summed E-state index contributed by atoms with van der Waals surface area (Å²) >= 11 is 0. The number of nitrogens with zero attached hydrogens (tertiary/aromatic N) is 1. The van der Waals surface area contributed by atoms with E-state index in [0.717, 1.165) is 6.54 Å². The molecule has 2 aliphatic heterocycles. The number of benzene rings is 1. The Kier molecular flexibility index (Phi) is 3.01. The van der Waals surface area contributed by atoms with Crippen molar-refractivity contribution in [2.75, 3.05) is 19.6 Å². The van der Waals surface area contributed by atoms with Crippen molar-refractivity contribution >= 4 is 12.4 Å². The quantitative estimate of drug-likeness (QED) is 0.822. The predicted molar refractivity (Wildman–Crippen MR) is 64.3 cm³/mol. The topological polar surface area (TPSA) is 15.3 Å². The van der Waals surface area contributed by atoms with Crippen LogP contribution in [0.25, 0.3) is 0 Å². The average Bonchev–Trinajstić information content (AvgIpc) is 2.12. The van der Waals surface area contributed by atoms with Gasteiger partial charge in [0, 0.05) is 31.7 Å². The molecular formula is C12H17ClN2. The summed E-state index contributed by atoms with van der Waals surface area (Å²) in [4.78, 5) is 2.61. The standard InChI is InChI=1S/C12H16N2.ClH/c1-2-4-11(5-3-1)8-14-7-6-12(14)9-13-10-12;/h1-5,13H,6-10H2;1H. The summed E-state index contributed by atoms with van der Waals surface area (Å²) in [5.41, 5.74) is 1.98. The average molecular weight is 225 g/mol. The molecule has 82 valence electrons. The van der Waals surface area contributed by atoms with Crippen molar-refractivity contribution < 1.29 is 0 Å². The van der Waals surface area contributed by atoms with Crippen LogP contribution in [-0.4, -0.2) is 30.1 Å². The highest BCUT2D eigenvalue weighted by molar-refractivity contribution is 5.85. The highest BCUT2D eigenvalue weighted by Crippen LogP contribution is 2.35. The van der Waals surface area contributed by atoms with E-state index >= 15 is 0 Å². The van der Waals surface area contributed by atoms with Crippen LogP contribution in [0.2, 0.25) is 0 Å². The molecule has 1 aromatic carbocycles. The predicted octanol–water partition coefficient (Wildman–Crippen LogP) is 1.66. The number of likely N-dealkylation sites (tertiary alicyclic amines) is 1. The van der Waals surface area contributed by atoms with Crippen LogP contribution >= 0.6 is 12.4 Å². The Labute approximate surface area is 97.1 Å². The number of halogens is 1. The first-order valence-electron chi connectivity index (χ1n) is 5.39. The molecule has 0 saturated carbocycles. The summed E-state index contributed by atoms with van der Waals surface area (Å²) in [6, 6.07) is 10.8. The van der Waals surface area contributed by atoms with E-state index in [9.17, 15) is 0 Å². The van der Waals surface area contributed by atoms with Gasteiger partial charge in [-0.2, -0.15) is 0 Å². The minimum atomic E-state index is 0. The maximum Gasteiger partial charge on any atom is 0.0473 e. The molecule has 3 rings (SSSR count). The van der Waals surface area contributed by atoms with E-state index in [1.165, 1.54) is 31.6 Å². The monoisotopic (exact) mass is 224 g/mol. The van der Waals surface area contributed by atoms with E-state index in [1.807, 2.05) is 0 Å². The second-order valence-electron chi connectivity index (χ2n) is 4.49. The van der Waals surface area contributed by atoms with E-state index in [-0.39, 0.29) is 12.4 Å². The van der Waals surface area contributed by atoms with Crippen LogP contribution in [0.4, 0.5) is 0 Å². The van der Waals surface area contributed by atoms with E-state index in [4.69, 9.17) is 0 Å². The van der Waals surface area contributed by atoms with E-state index in [0.29, 0.717) is 5.54 Å². The number of hydrogen-bond acceptors (Lipinski definition) is 2. The fourth-order valence-electron chi connectivity index (χ4n) is 2.45. The van der Waals surface area contributed by atoms with Crippen molar-refractivity contribution in [1.82, 2.24) is 10.2 Å². The lowest BCUT2D eigenvalue weighted by Crippen LogP contribution is -2.75. The molecule has 0 aliphatic carbocycles. The van der Waals surface area contributed by atoms with E-state index < -0.39 is 0 Å². The Morgan fingerprint density at radius 1 is 1.20 bits per heavy atom. The van der Waals surface area contributed by atoms with Crippen molar-refractivity contribution in [1.29, 1.82) is 0 Å². The highest BCUT2D eigenvalue weighted by Gasteiger charge is 2.48. The molecule has 2 aliphatic rings. The molecule has 2 heterocycles. The van der Waals surface area contributed by atoms with Crippen LogP contribution in [0.1, 0.15) is 12.0 Å². The largest absolute Gasteiger partial charge is 0.313 e. The van der Waals surface area contributed by atoms with Gasteiger partial charge in [0.05, 0.1) is 0 Å². The van der Waals surface area contributed by atoms with Gasteiger partial charge in [-0.05, 0) is 12.0 Å². The van der Waals surface area contributed by atoms with Crippen LogP contribution < -0.4 is 5.32 Å². The Hall–Kier alpha value is -0.570. The van der Waals surface area contributed by atoms with Gasteiger partial charge in [-0.3, -0.25) is 4.90 Å². The molecule has 0 radical (unpaired) electrons. The minimum absolute atomic E-state index is 0. The summed E-state index contributed by atoms with van der Waals surface area (Å²) in [6.45, 7) is 4.79. The van der Waals surface area contributed by atoms with Crippen LogP contribution in [0.3, 0.4) is 0 Å². The zero-order valence-corrected chi connectivity index (χ0v) is 9.59. The van der Waals surface area contributed by atoms with Gasteiger partial charge >= 0.3 is 0 Å². The van der Waals surface area contributed by atoms with Gasteiger partial charge in [0.1, 0.15) is 0 Å². The van der Waals surface area contributed by atoms with Crippen LogP contribution in [-0.2, 0) is 6.54 Å². The summed E-state index contributed by atoms with van der Waals surface area (Å²) in [5, 5.41) is 3.38. The SMILES string of the molecule is Cl.c1ccc(CN2CCC23CNC3)cc1. The van der Waals surface area contributed by atoms with Crippen LogP contribution in [0.15, 0.2) is 30.3 Å². The van der Waals surface area contributed by atoms with Gasteiger partial charge in [0.15, 0.2) is 0 Å². The maximum atomic E-state index is 3.38. The molecule has 1 aromatic rings. The van der Waals surface area contributed by atoms with E-state index in [2.05, 4.69) is 40.5 Å². The molecule has 0 atom stereocenters. The lowest BCUT2D eigenvalue weighted by molar-refractivity contribution is -0.0595. The van der Waals surface area contributed by atoms with Crippen molar-refractivity contribution in [2.24, 2.45) is 0 Å². The number of nitrogens with one attached hydrogen (secondary N) is 1. The van der Waals surface area contributed by atoms with Gasteiger partial charge in [-0.1, -0.05) is 30.3 Å². The molecule has 2 nitrogen and oxygen atoms in total. The van der Waals surface area contributed by atoms with Gasteiger partial charge in [-0.25, -0.2) is 0 Å². The third kappa shape index (κ3) is 1.78. The molecular weight excluding hydrogens is 208 g/mol. The summed E-state index contributed by atoms with van der Waals surface area (Å²) in [6.07, 6.45) is 1.38. The molecule has 15 heavy (non-hydrogen) atoms.